The summed E-state index contributed by atoms with van der Waals surface area (Å²) in [6.45, 7) is 0.738. The van der Waals surface area contributed by atoms with Crippen LogP contribution in [0.3, 0.4) is 0 Å². The van der Waals surface area contributed by atoms with Crippen LogP contribution in [-0.4, -0.2) is 25.1 Å². The zero-order valence-electron chi connectivity index (χ0n) is 18.2. The Kier molecular flexibility index (Phi) is 5.52. The second-order valence-electron chi connectivity index (χ2n) is 11.0. The summed E-state index contributed by atoms with van der Waals surface area (Å²) in [6, 6.07) is 10.3. The molecule has 5 aliphatic rings. The number of alkyl halides is 2. The van der Waals surface area contributed by atoms with Gasteiger partial charge >= 0.3 is 0 Å². The van der Waals surface area contributed by atoms with Gasteiger partial charge in [-0.1, -0.05) is 30.3 Å². The van der Waals surface area contributed by atoms with Crippen LogP contribution in [0.15, 0.2) is 35.3 Å². The number of hydrogen-bond donors (Lipinski definition) is 1. The molecule has 0 aliphatic heterocycles. The molecule has 1 amide bonds. The highest BCUT2D eigenvalue weighted by Gasteiger charge is 2.65. The van der Waals surface area contributed by atoms with Crippen LogP contribution >= 0.6 is 0 Å². The molecule has 0 radical (unpaired) electrons. The molecule has 2 unspecified atom stereocenters. The third-order valence-corrected chi connectivity index (χ3v) is 9.14. The SMILES string of the molecule is NCC1CCC(C=NC(=O)C23CC4CC(c5ccccc5)(CC(C2)C4C(F)F)C3)CC1. The smallest absolute Gasteiger partial charge is 0.251 e. The summed E-state index contributed by atoms with van der Waals surface area (Å²) in [7, 11) is 0. The predicted molar refractivity (Wildman–Crippen MR) is 118 cm³/mol. The highest BCUT2D eigenvalue weighted by Crippen LogP contribution is 2.68. The highest BCUT2D eigenvalue weighted by molar-refractivity contribution is 5.90. The summed E-state index contributed by atoms with van der Waals surface area (Å²) >= 11 is 0. The Hall–Kier alpha value is -1.62. The van der Waals surface area contributed by atoms with Gasteiger partial charge in [0.2, 0.25) is 6.43 Å². The third-order valence-electron chi connectivity index (χ3n) is 9.14. The fraction of sp³-hybridized carbons (Fsp3) is 0.692. The molecule has 1 aromatic rings. The van der Waals surface area contributed by atoms with E-state index in [-0.39, 0.29) is 23.2 Å². The molecular weight excluding hydrogens is 394 g/mol. The van der Waals surface area contributed by atoms with Crippen molar-refractivity contribution < 1.29 is 13.6 Å². The number of hydrogen-bond acceptors (Lipinski definition) is 2. The molecule has 4 bridgehead atoms. The molecule has 6 rings (SSSR count). The Labute approximate surface area is 183 Å². The summed E-state index contributed by atoms with van der Waals surface area (Å²) in [5.74, 6) is 0.170. The van der Waals surface area contributed by atoms with Crippen LogP contribution < -0.4 is 5.73 Å². The van der Waals surface area contributed by atoms with Crippen molar-refractivity contribution in [2.24, 2.45) is 45.7 Å². The molecule has 0 spiro atoms. The van der Waals surface area contributed by atoms with E-state index in [1.54, 1.807) is 0 Å². The van der Waals surface area contributed by atoms with E-state index in [0.29, 0.717) is 24.7 Å². The first-order valence-electron chi connectivity index (χ1n) is 12.1. The molecule has 0 heterocycles. The lowest BCUT2D eigenvalue weighted by molar-refractivity contribution is -0.168. The van der Waals surface area contributed by atoms with Crippen LogP contribution in [0, 0.1) is 35.0 Å². The number of rotatable bonds is 5. The van der Waals surface area contributed by atoms with Gasteiger partial charge in [-0.2, -0.15) is 0 Å². The third kappa shape index (κ3) is 3.67. The van der Waals surface area contributed by atoms with E-state index < -0.39 is 17.8 Å². The minimum atomic E-state index is -2.30. The molecule has 5 fully saturated rings. The van der Waals surface area contributed by atoms with Crippen LogP contribution in [0.5, 0.6) is 0 Å². The summed E-state index contributed by atoms with van der Waals surface area (Å²) in [4.78, 5) is 18.0. The van der Waals surface area contributed by atoms with Crippen LogP contribution in [0.2, 0.25) is 0 Å². The first-order valence-corrected chi connectivity index (χ1v) is 12.1. The maximum Gasteiger partial charge on any atom is 0.251 e. The Morgan fingerprint density at radius 2 is 1.71 bits per heavy atom. The van der Waals surface area contributed by atoms with Crippen LogP contribution in [0.4, 0.5) is 8.78 Å². The number of aliphatic imine (C=N–C) groups is 1. The number of carbonyl (C=O) groups is 1. The van der Waals surface area contributed by atoms with Crippen LogP contribution in [0.25, 0.3) is 0 Å². The van der Waals surface area contributed by atoms with Crippen molar-refractivity contribution in [1.82, 2.24) is 0 Å². The lowest BCUT2D eigenvalue weighted by Gasteiger charge is -2.63. The van der Waals surface area contributed by atoms with Gasteiger partial charge in [0.15, 0.2) is 0 Å². The van der Waals surface area contributed by atoms with E-state index >= 15 is 0 Å². The van der Waals surface area contributed by atoms with E-state index in [0.717, 1.165) is 51.5 Å². The number of nitrogens with two attached hydrogens (primary N) is 1. The molecule has 2 N–H and O–H groups in total. The summed E-state index contributed by atoms with van der Waals surface area (Å²) < 4.78 is 27.9. The summed E-state index contributed by atoms with van der Waals surface area (Å²) in [6.07, 6.45) is 7.37. The number of halogens is 2. The standard InChI is InChI=1S/C26H34F2N2O/c27-23(28)22-19-10-25(21-4-2-1-3-5-21)11-20(22)13-26(12-19,16-25)24(31)30-15-18-8-6-17(14-29)7-9-18/h1-5,15,17-20,22-23H,6-14,16,29H2. The Balaban J connectivity index is 1.39. The van der Waals surface area contributed by atoms with Crippen molar-refractivity contribution >= 4 is 12.1 Å². The molecule has 5 heteroatoms. The zero-order valence-corrected chi connectivity index (χ0v) is 18.2. The molecule has 5 saturated carbocycles. The largest absolute Gasteiger partial charge is 0.330 e. The summed E-state index contributed by atoms with van der Waals surface area (Å²) in [5, 5.41) is 0. The van der Waals surface area contributed by atoms with E-state index in [1.807, 2.05) is 24.4 Å². The number of carbonyl (C=O) groups excluding carboxylic acids is 1. The van der Waals surface area contributed by atoms with Gasteiger partial charge in [-0.15, -0.1) is 0 Å². The normalized spacial score (nSPS) is 41.9. The van der Waals surface area contributed by atoms with Gasteiger partial charge in [-0.3, -0.25) is 4.79 Å². The molecule has 0 aromatic heterocycles. The molecule has 31 heavy (non-hydrogen) atoms. The number of amides is 1. The molecule has 168 valence electrons. The van der Waals surface area contributed by atoms with Gasteiger partial charge in [-0.25, -0.2) is 13.8 Å². The quantitative estimate of drug-likeness (QED) is 0.640. The van der Waals surface area contributed by atoms with Gasteiger partial charge in [0, 0.05) is 12.1 Å². The topological polar surface area (TPSA) is 55.4 Å². The van der Waals surface area contributed by atoms with Crippen molar-refractivity contribution in [2.45, 2.75) is 69.6 Å². The van der Waals surface area contributed by atoms with E-state index in [2.05, 4.69) is 17.1 Å². The van der Waals surface area contributed by atoms with Gasteiger partial charge < -0.3 is 5.73 Å². The van der Waals surface area contributed by atoms with Gasteiger partial charge in [0.25, 0.3) is 5.91 Å². The number of benzene rings is 1. The fourth-order valence-electron chi connectivity index (χ4n) is 7.86. The molecule has 1 aromatic carbocycles. The van der Waals surface area contributed by atoms with Crippen molar-refractivity contribution in [3.8, 4) is 0 Å². The van der Waals surface area contributed by atoms with E-state index in [9.17, 15) is 13.6 Å². The number of nitrogens with zero attached hydrogens (tertiary/aromatic N) is 1. The van der Waals surface area contributed by atoms with Gasteiger partial charge in [0.05, 0.1) is 5.41 Å². The van der Waals surface area contributed by atoms with Gasteiger partial charge in [-0.05, 0) is 99.0 Å². The lowest BCUT2D eigenvalue weighted by Crippen LogP contribution is -2.61. The molecule has 2 atom stereocenters. The van der Waals surface area contributed by atoms with Crippen LogP contribution in [0.1, 0.15) is 63.4 Å². The highest BCUT2D eigenvalue weighted by atomic mass is 19.3. The maximum atomic E-state index is 14.0. The zero-order chi connectivity index (χ0) is 21.6. The van der Waals surface area contributed by atoms with Crippen molar-refractivity contribution in [2.75, 3.05) is 6.54 Å². The minimum Gasteiger partial charge on any atom is -0.330 e. The lowest BCUT2D eigenvalue weighted by atomic mass is 9.40. The van der Waals surface area contributed by atoms with E-state index in [4.69, 9.17) is 5.73 Å². The Bertz CT molecular complexity index is 815. The second kappa shape index (κ2) is 8.06. The first-order chi connectivity index (χ1) is 14.9. The van der Waals surface area contributed by atoms with Gasteiger partial charge in [0.1, 0.15) is 0 Å². The van der Waals surface area contributed by atoms with Crippen molar-refractivity contribution in [3.63, 3.8) is 0 Å². The average Bonchev–Trinajstić information content (AvgIpc) is 2.77. The minimum absolute atomic E-state index is 0.0455. The molecule has 0 saturated heterocycles. The predicted octanol–water partition coefficient (Wildman–Crippen LogP) is 5.38. The fourth-order valence-corrected chi connectivity index (χ4v) is 7.86. The van der Waals surface area contributed by atoms with Crippen molar-refractivity contribution in [1.29, 1.82) is 0 Å². The van der Waals surface area contributed by atoms with Crippen molar-refractivity contribution in [3.05, 3.63) is 35.9 Å². The molecule has 5 aliphatic carbocycles. The molecular formula is C26H34F2N2O. The second-order valence-corrected chi connectivity index (χ2v) is 11.0. The maximum absolute atomic E-state index is 14.0. The Morgan fingerprint density at radius 3 is 2.29 bits per heavy atom. The molecule has 3 nitrogen and oxygen atoms in total. The monoisotopic (exact) mass is 428 g/mol. The average molecular weight is 429 g/mol. The summed E-state index contributed by atoms with van der Waals surface area (Å²) in [5.41, 5.74) is 6.31. The van der Waals surface area contributed by atoms with Crippen LogP contribution in [-0.2, 0) is 10.2 Å². The Morgan fingerprint density at radius 1 is 1.06 bits per heavy atom. The first kappa shape index (κ1) is 21.2. The van der Waals surface area contributed by atoms with E-state index in [1.165, 1.54) is 5.56 Å².